The molecule has 1 aliphatic heterocycles. The Hall–Kier alpha value is -2.63. The first-order chi connectivity index (χ1) is 10.8. The number of aromatic nitrogens is 4. The molecule has 0 bridgehead atoms. The summed E-state index contributed by atoms with van der Waals surface area (Å²) in [5.74, 6) is 1.52. The Morgan fingerprint density at radius 2 is 2.41 bits per heavy atom. The van der Waals surface area contributed by atoms with Crippen molar-refractivity contribution in [2.75, 3.05) is 6.54 Å². The molecule has 6 heteroatoms. The van der Waals surface area contributed by atoms with Gasteiger partial charge in [-0.2, -0.15) is 5.10 Å². The van der Waals surface area contributed by atoms with E-state index in [-0.39, 0.29) is 5.91 Å². The second kappa shape index (κ2) is 5.29. The topological polar surface area (TPSA) is 75.6 Å². The number of nitrogens with one attached hydrogen (secondary N) is 2. The Morgan fingerprint density at radius 3 is 3.36 bits per heavy atom. The van der Waals surface area contributed by atoms with Gasteiger partial charge < -0.3 is 9.88 Å². The van der Waals surface area contributed by atoms with Crippen LogP contribution < -0.4 is 5.32 Å². The van der Waals surface area contributed by atoms with Gasteiger partial charge >= 0.3 is 0 Å². The van der Waals surface area contributed by atoms with Gasteiger partial charge in [-0.1, -0.05) is 6.07 Å². The van der Waals surface area contributed by atoms with Crippen LogP contribution in [0, 0.1) is 5.92 Å². The van der Waals surface area contributed by atoms with Gasteiger partial charge in [0.05, 0.1) is 17.3 Å². The molecule has 1 aromatic carbocycles. The van der Waals surface area contributed by atoms with E-state index in [9.17, 15) is 4.79 Å². The average molecular weight is 295 g/mol. The average Bonchev–Trinajstić information content (AvgIpc) is 3.20. The lowest BCUT2D eigenvalue weighted by Crippen LogP contribution is -2.33. The third kappa shape index (κ3) is 2.26. The van der Waals surface area contributed by atoms with Gasteiger partial charge in [0, 0.05) is 37.3 Å². The third-order valence-electron chi connectivity index (χ3n) is 4.33. The smallest absolute Gasteiger partial charge is 0.252 e. The highest BCUT2D eigenvalue weighted by atomic mass is 16.1. The van der Waals surface area contributed by atoms with E-state index in [4.69, 9.17) is 0 Å². The first-order valence-electron chi connectivity index (χ1n) is 7.51. The quantitative estimate of drug-likeness (QED) is 0.773. The van der Waals surface area contributed by atoms with Crippen LogP contribution >= 0.6 is 0 Å². The van der Waals surface area contributed by atoms with Gasteiger partial charge in [0.25, 0.3) is 5.91 Å². The summed E-state index contributed by atoms with van der Waals surface area (Å²) < 4.78 is 2.19. The van der Waals surface area contributed by atoms with Crippen molar-refractivity contribution in [2.24, 2.45) is 5.92 Å². The van der Waals surface area contributed by atoms with Crippen molar-refractivity contribution in [1.82, 2.24) is 25.1 Å². The summed E-state index contributed by atoms with van der Waals surface area (Å²) in [6, 6.07) is 5.62. The number of benzene rings is 1. The van der Waals surface area contributed by atoms with E-state index in [2.05, 4.69) is 25.1 Å². The zero-order chi connectivity index (χ0) is 14.9. The van der Waals surface area contributed by atoms with E-state index in [1.165, 1.54) is 0 Å². The summed E-state index contributed by atoms with van der Waals surface area (Å²) in [4.78, 5) is 16.8. The molecule has 0 saturated carbocycles. The molecular formula is C16H17N5O. The molecule has 3 heterocycles. The van der Waals surface area contributed by atoms with Gasteiger partial charge in [-0.15, -0.1) is 0 Å². The fourth-order valence-electron chi connectivity index (χ4n) is 3.09. The lowest BCUT2D eigenvalue weighted by molar-refractivity contribution is 0.0946. The summed E-state index contributed by atoms with van der Waals surface area (Å²) in [5, 5.41) is 10.8. The highest BCUT2D eigenvalue weighted by Gasteiger charge is 2.20. The molecule has 4 rings (SSSR count). The van der Waals surface area contributed by atoms with Crippen LogP contribution in [-0.2, 0) is 13.0 Å². The molecule has 6 nitrogen and oxygen atoms in total. The standard InChI is InChI=1S/C16H17N5O/c22-16(12-2-1-3-14-13(12)10-19-20-14)18-9-11-4-6-21-7-5-17-15(21)8-11/h1-3,5,7,10-11H,4,6,8-9H2,(H,18,22)(H,19,20)/t11-/m1/s1. The second-order valence-electron chi connectivity index (χ2n) is 5.74. The summed E-state index contributed by atoms with van der Waals surface area (Å²) in [6.45, 7) is 1.66. The van der Waals surface area contributed by atoms with Crippen molar-refractivity contribution >= 4 is 16.8 Å². The summed E-state index contributed by atoms with van der Waals surface area (Å²) >= 11 is 0. The lowest BCUT2D eigenvalue weighted by atomic mass is 9.97. The molecule has 0 spiro atoms. The predicted molar refractivity (Wildman–Crippen MR) is 82.5 cm³/mol. The normalized spacial score (nSPS) is 17.4. The van der Waals surface area contributed by atoms with Gasteiger partial charge in [-0.25, -0.2) is 4.98 Å². The van der Waals surface area contributed by atoms with Crippen molar-refractivity contribution in [3.05, 3.63) is 48.2 Å². The number of amides is 1. The Bertz CT molecular complexity index is 819. The van der Waals surface area contributed by atoms with Crippen LogP contribution in [0.5, 0.6) is 0 Å². The molecule has 0 saturated heterocycles. The molecule has 1 atom stereocenters. The molecule has 112 valence electrons. The second-order valence-corrected chi connectivity index (χ2v) is 5.74. The maximum Gasteiger partial charge on any atom is 0.252 e. The van der Waals surface area contributed by atoms with Crippen LogP contribution in [0.4, 0.5) is 0 Å². The van der Waals surface area contributed by atoms with Crippen molar-refractivity contribution < 1.29 is 4.79 Å². The van der Waals surface area contributed by atoms with Crippen LogP contribution in [0.3, 0.4) is 0 Å². The molecule has 1 aliphatic rings. The number of imidazole rings is 1. The van der Waals surface area contributed by atoms with Gasteiger partial charge in [0.1, 0.15) is 5.82 Å². The van der Waals surface area contributed by atoms with Gasteiger partial charge in [-0.05, 0) is 24.5 Å². The van der Waals surface area contributed by atoms with Crippen LogP contribution in [-0.4, -0.2) is 32.2 Å². The van der Waals surface area contributed by atoms with Crippen LogP contribution in [0.2, 0.25) is 0 Å². The summed E-state index contributed by atoms with van der Waals surface area (Å²) in [7, 11) is 0. The Morgan fingerprint density at radius 1 is 1.45 bits per heavy atom. The van der Waals surface area contributed by atoms with Crippen molar-refractivity contribution in [3.63, 3.8) is 0 Å². The van der Waals surface area contributed by atoms with E-state index < -0.39 is 0 Å². The molecule has 2 N–H and O–H groups in total. The Kier molecular flexibility index (Phi) is 3.14. The zero-order valence-corrected chi connectivity index (χ0v) is 12.1. The number of carbonyl (C=O) groups is 1. The summed E-state index contributed by atoms with van der Waals surface area (Å²) in [5.41, 5.74) is 1.55. The number of aryl methyl sites for hydroxylation is 1. The first-order valence-corrected chi connectivity index (χ1v) is 7.51. The highest BCUT2D eigenvalue weighted by molar-refractivity contribution is 6.06. The predicted octanol–water partition coefficient (Wildman–Crippen LogP) is 1.75. The summed E-state index contributed by atoms with van der Waals surface area (Å²) in [6.07, 6.45) is 7.55. The molecule has 1 amide bonds. The Labute approximate surface area is 127 Å². The highest BCUT2D eigenvalue weighted by Crippen LogP contribution is 2.19. The maximum atomic E-state index is 12.4. The van der Waals surface area contributed by atoms with Gasteiger partial charge in [0.15, 0.2) is 0 Å². The molecule has 0 fully saturated rings. The van der Waals surface area contributed by atoms with Crippen LogP contribution in [0.15, 0.2) is 36.8 Å². The number of H-pyrrole nitrogens is 1. The van der Waals surface area contributed by atoms with E-state index in [1.807, 2.05) is 30.6 Å². The number of hydrogen-bond donors (Lipinski definition) is 2. The minimum absolute atomic E-state index is 0.0408. The largest absolute Gasteiger partial charge is 0.352 e. The SMILES string of the molecule is O=C(NC[C@@H]1CCn2ccnc2C1)c1cccc2[nH]ncc12. The number of carbonyl (C=O) groups excluding carboxylic acids is 1. The number of fused-ring (bicyclic) bond motifs is 2. The molecule has 2 aromatic heterocycles. The minimum Gasteiger partial charge on any atom is -0.352 e. The lowest BCUT2D eigenvalue weighted by Gasteiger charge is -2.23. The monoisotopic (exact) mass is 295 g/mol. The molecular weight excluding hydrogens is 278 g/mol. The molecule has 0 aliphatic carbocycles. The number of nitrogens with zero attached hydrogens (tertiary/aromatic N) is 3. The van der Waals surface area contributed by atoms with Gasteiger partial charge in [0.2, 0.25) is 0 Å². The molecule has 0 unspecified atom stereocenters. The zero-order valence-electron chi connectivity index (χ0n) is 12.1. The van der Waals surface area contributed by atoms with Crippen molar-refractivity contribution in [2.45, 2.75) is 19.4 Å². The number of hydrogen-bond acceptors (Lipinski definition) is 3. The van der Waals surface area contributed by atoms with Crippen molar-refractivity contribution in [1.29, 1.82) is 0 Å². The van der Waals surface area contributed by atoms with Gasteiger partial charge in [-0.3, -0.25) is 9.89 Å². The first kappa shape index (κ1) is 13.1. The maximum absolute atomic E-state index is 12.4. The van der Waals surface area contributed by atoms with E-state index in [0.717, 1.165) is 36.1 Å². The number of rotatable bonds is 3. The number of aromatic amines is 1. The van der Waals surface area contributed by atoms with E-state index in [0.29, 0.717) is 18.0 Å². The van der Waals surface area contributed by atoms with Crippen LogP contribution in [0.1, 0.15) is 22.6 Å². The Balaban J connectivity index is 1.44. The third-order valence-corrected chi connectivity index (χ3v) is 4.33. The van der Waals surface area contributed by atoms with E-state index >= 15 is 0 Å². The molecule has 3 aromatic rings. The van der Waals surface area contributed by atoms with Crippen LogP contribution in [0.25, 0.3) is 10.9 Å². The fourth-order valence-corrected chi connectivity index (χ4v) is 3.09. The van der Waals surface area contributed by atoms with Crippen molar-refractivity contribution in [3.8, 4) is 0 Å². The fraction of sp³-hybridized carbons (Fsp3) is 0.312. The van der Waals surface area contributed by atoms with E-state index in [1.54, 1.807) is 6.20 Å². The molecule has 0 radical (unpaired) electrons. The minimum atomic E-state index is -0.0408. The molecule has 22 heavy (non-hydrogen) atoms.